The van der Waals surface area contributed by atoms with E-state index in [2.05, 4.69) is 0 Å². The zero-order valence-corrected chi connectivity index (χ0v) is 18.4. The average molecular weight is 506 g/mol. The van der Waals surface area contributed by atoms with Gasteiger partial charge in [0.2, 0.25) is 0 Å². The fourth-order valence-electron chi connectivity index (χ4n) is 1.81. The second-order valence-corrected chi connectivity index (χ2v) is 7.95. The van der Waals surface area contributed by atoms with Crippen LogP contribution >= 0.6 is 0 Å². The molecule has 1 unspecified atom stereocenters. The molecule has 0 aromatic heterocycles. The van der Waals surface area contributed by atoms with Gasteiger partial charge in [0, 0.05) is 19.3 Å². The number of aliphatic carboxylic acids is 3. The number of hydrogen-bond acceptors (Lipinski definition) is 11. The minimum atomic E-state index is -4.54. The van der Waals surface area contributed by atoms with E-state index in [9.17, 15) is 27.6 Å². The third kappa shape index (κ3) is 32.3. The Balaban J connectivity index is -0.000000502. The molecular weight excluding hydrogens is 481 g/mol. The van der Waals surface area contributed by atoms with Gasteiger partial charge in [-0.05, 0) is 19.3 Å². The predicted molar refractivity (Wildman–Crippen MR) is 106 cm³/mol. The Hall–Kier alpha value is -2.41. The molecule has 0 aromatic carbocycles. The lowest BCUT2D eigenvalue weighted by atomic mass is 9.73. The summed E-state index contributed by atoms with van der Waals surface area (Å²) in [5.41, 5.74) is 1.95. The molecule has 0 aliphatic carbocycles. The van der Waals surface area contributed by atoms with Crippen LogP contribution in [0.4, 0.5) is 0 Å². The summed E-state index contributed by atoms with van der Waals surface area (Å²) in [4.78, 5) is 41.7. The highest BCUT2D eigenvalue weighted by Crippen LogP contribution is 2.13. The molecule has 0 aliphatic rings. The lowest BCUT2D eigenvalue weighted by Gasteiger charge is -2.10. The molecule has 185 valence electrons. The van der Waals surface area contributed by atoms with Gasteiger partial charge in [-0.3, -0.25) is 23.7 Å². The third-order valence-corrected chi connectivity index (χ3v) is 4.47. The number of carbonyl (C=O) groups excluding carboxylic acids is 1. The Morgan fingerprint density at radius 2 is 1.38 bits per heavy atom. The van der Waals surface area contributed by atoms with Gasteiger partial charge in [-0.2, -0.15) is 8.42 Å². The number of nitrogens with one attached hydrogen (secondary N) is 1. The Kier molecular flexibility index (Phi) is 21.9. The molecule has 0 rings (SSSR count). The van der Waals surface area contributed by atoms with Gasteiger partial charge in [0.25, 0.3) is 10.1 Å². The molecular formula is C14H25BNO14S2. The predicted octanol–water partition coefficient (Wildman–Crippen LogP) is -1.16. The molecule has 0 heterocycles. The fourth-order valence-corrected chi connectivity index (χ4v) is 2.58. The number of ketones is 1. The van der Waals surface area contributed by atoms with Gasteiger partial charge in [-0.25, -0.2) is 5.48 Å². The molecule has 0 fully saturated rings. The SMILES string of the molecule is O=C(O)CCC(=O)CCC(CC(=O)O)S(=O)(=O)O.O=C(O)CCC[B]CNO.O=S(=O)=O. The number of rotatable bonds is 15. The summed E-state index contributed by atoms with van der Waals surface area (Å²) in [6.07, 6.45) is -0.0764. The van der Waals surface area contributed by atoms with Crippen molar-refractivity contribution in [3.8, 4) is 0 Å². The van der Waals surface area contributed by atoms with Crippen LogP contribution < -0.4 is 5.48 Å². The maximum absolute atomic E-state index is 11.2. The number of Topliss-reactive ketones (excluding diaryl/α,β-unsaturated/α-hetero) is 1. The van der Waals surface area contributed by atoms with Crippen molar-refractivity contribution in [2.24, 2.45) is 0 Å². The molecule has 0 amide bonds. The van der Waals surface area contributed by atoms with Gasteiger partial charge in [-0.1, -0.05) is 6.32 Å². The van der Waals surface area contributed by atoms with Gasteiger partial charge in [0.05, 0.1) is 18.1 Å². The van der Waals surface area contributed by atoms with Crippen molar-refractivity contribution in [2.45, 2.75) is 56.5 Å². The second kappa shape index (κ2) is 20.5. The van der Waals surface area contributed by atoms with Crippen LogP contribution in [0, 0.1) is 0 Å². The van der Waals surface area contributed by atoms with Crippen LogP contribution in [0.3, 0.4) is 0 Å². The van der Waals surface area contributed by atoms with Crippen LogP contribution in [0.5, 0.6) is 0 Å². The molecule has 0 aliphatic heterocycles. The maximum Gasteiger partial charge on any atom is 0.425 e. The van der Waals surface area contributed by atoms with Gasteiger partial charge < -0.3 is 20.5 Å². The van der Waals surface area contributed by atoms with Crippen LogP contribution in [0.25, 0.3) is 0 Å². The number of carboxylic acids is 3. The first-order chi connectivity index (χ1) is 14.6. The van der Waals surface area contributed by atoms with E-state index in [0.717, 1.165) is 6.32 Å². The maximum atomic E-state index is 11.2. The third-order valence-electron chi connectivity index (χ3n) is 3.22. The summed E-state index contributed by atoms with van der Waals surface area (Å²) in [6.45, 7) is 0. The van der Waals surface area contributed by atoms with Gasteiger partial charge in [0.15, 0.2) is 0 Å². The molecule has 0 aromatic rings. The highest BCUT2D eigenvalue weighted by Gasteiger charge is 2.26. The number of carbonyl (C=O) groups is 4. The molecule has 32 heavy (non-hydrogen) atoms. The van der Waals surface area contributed by atoms with Crippen molar-refractivity contribution in [1.29, 1.82) is 0 Å². The number of hydrogen-bond donors (Lipinski definition) is 6. The Morgan fingerprint density at radius 3 is 1.75 bits per heavy atom. The van der Waals surface area contributed by atoms with Crippen molar-refractivity contribution < 1.29 is 65.3 Å². The van der Waals surface area contributed by atoms with E-state index in [-0.39, 0.29) is 32.1 Å². The Labute approximate surface area is 185 Å². The number of hydroxylamine groups is 1. The first-order valence-electron chi connectivity index (χ1n) is 8.72. The average Bonchev–Trinajstić information content (AvgIpc) is 2.62. The standard InChI is InChI=1S/C9H14O8S.C5H11BNO3.O3S/c10-6(2-4-8(11)12)1-3-7(5-9(13)14)18(15,16)17;8-5(9)2-1-3-6-4-7-10;1-4(2)3/h7H,1-5H2,(H,11,12)(H,13,14)(H,15,16,17);7,10H,1-4H2,(H,8,9);. The van der Waals surface area contributed by atoms with Crippen molar-refractivity contribution in [3.63, 3.8) is 0 Å². The largest absolute Gasteiger partial charge is 0.481 e. The topological polar surface area (TPSA) is 267 Å². The van der Waals surface area contributed by atoms with E-state index >= 15 is 0 Å². The summed E-state index contributed by atoms with van der Waals surface area (Å²) in [5.74, 6) is -3.82. The van der Waals surface area contributed by atoms with E-state index in [1.54, 1.807) is 7.28 Å². The lowest BCUT2D eigenvalue weighted by Crippen LogP contribution is -2.24. The first-order valence-corrected chi connectivity index (χ1v) is 11.2. The molecule has 0 saturated heterocycles. The summed E-state index contributed by atoms with van der Waals surface area (Å²) < 4.78 is 55.8. The van der Waals surface area contributed by atoms with Crippen molar-refractivity contribution >= 4 is 51.7 Å². The minimum absolute atomic E-state index is 0.196. The van der Waals surface area contributed by atoms with Crippen LogP contribution in [0.1, 0.15) is 44.9 Å². The van der Waals surface area contributed by atoms with Crippen LogP contribution in [-0.2, 0) is 39.9 Å². The first kappa shape index (κ1) is 34.2. The van der Waals surface area contributed by atoms with E-state index in [4.69, 9.17) is 37.7 Å². The normalized spacial score (nSPS) is 10.9. The fraction of sp³-hybridized carbons (Fsp3) is 0.714. The molecule has 15 nitrogen and oxygen atoms in total. The van der Waals surface area contributed by atoms with Gasteiger partial charge in [-0.15, -0.1) is 12.6 Å². The van der Waals surface area contributed by atoms with E-state index in [1.807, 2.05) is 5.48 Å². The van der Waals surface area contributed by atoms with Crippen molar-refractivity contribution in [2.75, 3.05) is 6.44 Å². The summed E-state index contributed by atoms with van der Waals surface area (Å²) in [5, 5.41) is 31.5. The molecule has 0 saturated carbocycles. The van der Waals surface area contributed by atoms with E-state index < -0.39 is 56.1 Å². The van der Waals surface area contributed by atoms with Crippen LogP contribution in [0.15, 0.2) is 0 Å². The molecule has 0 bridgehead atoms. The second-order valence-electron chi connectivity index (χ2n) is 5.85. The highest BCUT2D eigenvalue weighted by molar-refractivity contribution is 7.86. The Bertz CT molecular complexity index is 790. The van der Waals surface area contributed by atoms with E-state index in [0.29, 0.717) is 12.9 Å². The minimum Gasteiger partial charge on any atom is -0.481 e. The monoisotopic (exact) mass is 506 g/mol. The van der Waals surface area contributed by atoms with Crippen molar-refractivity contribution in [3.05, 3.63) is 0 Å². The summed E-state index contributed by atoms with van der Waals surface area (Å²) in [6, 6.07) is 0. The summed E-state index contributed by atoms with van der Waals surface area (Å²) in [7, 11) is -5.85. The summed E-state index contributed by atoms with van der Waals surface area (Å²) >= 11 is 0. The molecule has 0 spiro atoms. The Morgan fingerprint density at radius 1 is 0.875 bits per heavy atom. The van der Waals surface area contributed by atoms with E-state index in [1.165, 1.54) is 0 Å². The van der Waals surface area contributed by atoms with Crippen LogP contribution in [-0.4, -0.2) is 88.8 Å². The van der Waals surface area contributed by atoms with Crippen molar-refractivity contribution in [1.82, 2.24) is 5.48 Å². The van der Waals surface area contributed by atoms with Gasteiger partial charge in [0.1, 0.15) is 13.1 Å². The molecule has 1 atom stereocenters. The molecule has 1 radical (unpaired) electrons. The quantitative estimate of drug-likeness (QED) is 0.0661. The van der Waals surface area contributed by atoms with Gasteiger partial charge >= 0.3 is 28.5 Å². The molecule has 18 heteroatoms. The highest BCUT2D eigenvalue weighted by atomic mass is 32.2. The smallest absolute Gasteiger partial charge is 0.425 e. The zero-order chi connectivity index (χ0) is 25.7. The lowest BCUT2D eigenvalue weighted by molar-refractivity contribution is -0.138. The zero-order valence-electron chi connectivity index (χ0n) is 16.7. The van der Waals surface area contributed by atoms with Crippen LogP contribution in [0.2, 0.25) is 6.32 Å². The number of carboxylic acid groups (broad SMARTS) is 3. The molecule has 6 N–H and O–H groups in total.